The van der Waals surface area contributed by atoms with E-state index in [4.69, 9.17) is 4.74 Å². The van der Waals surface area contributed by atoms with E-state index >= 15 is 0 Å². The first-order valence-electron chi connectivity index (χ1n) is 8.22. The van der Waals surface area contributed by atoms with E-state index in [0.717, 1.165) is 25.9 Å². The lowest BCUT2D eigenvalue weighted by atomic mass is 9.94. The Morgan fingerprint density at radius 2 is 1.95 bits per heavy atom. The number of rotatable bonds is 8. The standard InChI is InChI=1S/C16H32N2O3/c1-5-21-11-15(19)10-18-8-6-14(7-9-18)16(20)17-13(4)12(2)3/h12-15,19H,5-11H2,1-4H3,(H,17,20)/t13-,15-/m1/s1. The second-order valence-electron chi connectivity index (χ2n) is 6.43. The Balaban J connectivity index is 2.26. The lowest BCUT2D eigenvalue weighted by Crippen LogP contribution is -2.46. The predicted octanol–water partition coefficient (Wildman–Crippen LogP) is 1.26. The third kappa shape index (κ3) is 6.76. The molecule has 1 rings (SSSR count). The monoisotopic (exact) mass is 300 g/mol. The zero-order valence-corrected chi connectivity index (χ0v) is 14.0. The summed E-state index contributed by atoms with van der Waals surface area (Å²) in [5, 5.41) is 12.9. The van der Waals surface area contributed by atoms with Crippen molar-refractivity contribution in [3.8, 4) is 0 Å². The SMILES string of the molecule is CCOC[C@H](O)CN1CCC(C(=O)N[C@H](C)C(C)C)CC1. The maximum Gasteiger partial charge on any atom is 0.223 e. The number of nitrogens with zero attached hydrogens (tertiary/aromatic N) is 1. The molecule has 0 aliphatic carbocycles. The highest BCUT2D eigenvalue weighted by Crippen LogP contribution is 2.18. The van der Waals surface area contributed by atoms with E-state index in [9.17, 15) is 9.90 Å². The van der Waals surface area contributed by atoms with Gasteiger partial charge in [-0.3, -0.25) is 4.79 Å². The van der Waals surface area contributed by atoms with Crippen LogP contribution in [0, 0.1) is 11.8 Å². The van der Waals surface area contributed by atoms with Crippen molar-refractivity contribution in [1.29, 1.82) is 0 Å². The number of hydrogen-bond acceptors (Lipinski definition) is 4. The Hall–Kier alpha value is -0.650. The van der Waals surface area contributed by atoms with Crippen LogP contribution in [0.2, 0.25) is 0 Å². The summed E-state index contributed by atoms with van der Waals surface area (Å²) in [6.45, 7) is 11.6. The molecule has 1 aliphatic heterocycles. The number of carbonyl (C=O) groups excluding carboxylic acids is 1. The molecule has 5 nitrogen and oxygen atoms in total. The summed E-state index contributed by atoms with van der Waals surface area (Å²) >= 11 is 0. The Bertz CT molecular complexity index is 302. The van der Waals surface area contributed by atoms with Gasteiger partial charge in [-0.25, -0.2) is 0 Å². The highest BCUT2D eigenvalue weighted by molar-refractivity contribution is 5.79. The van der Waals surface area contributed by atoms with Crippen LogP contribution in [0.3, 0.4) is 0 Å². The van der Waals surface area contributed by atoms with E-state index in [1.54, 1.807) is 0 Å². The number of β-amino-alcohol motifs (C(OH)–C–C–N with tert-alkyl or cyclic N) is 1. The van der Waals surface area contributed by atoms with Gasteiger partial charge in [-0.05, 0) is 45.7 Å². The largest absolute Gasteiger partial charge is 0.389 e. The number of aliphatic hydroxyl groups excluding tert-OH is 1. The predicted molar refractivity (Wildman–Crippen MR) is 84.1 cm³/mol. The normalized spacial score (nSPS) is 20.5. The Labute approximate surface area is 129 Å². The van der Waals surface area contributed by atoms with Gasteiger partial charge in [0.2, 0.25) is 5.91 Å². The van der Waals surface area contributed by atoms with Crippen LogP contribution in [-0.4, -0.2) is 60.9 Å². The zero-order valence-electron chi connectivity index (χ0n) is 14.0. The van der Waals surface area contributed by atoms with Gasteiger partial charge < -0.3 is 20.1 Å². The molecule has 0 spiro atoms. The Kier molecular flexibility index (Phi) is 8.22. The van der Waals surface area contributed by atoms with Crippen molar-refractivity contribution in [3.05, 3.63) is 0 Å². The minimum atomic E-state index is -0.434. The van der Waals surface area contributed by atoms with Crippen LogP contribution in [-0.2, 0) is 9.53 Å². The van der Waals surface area contributed by atoms with Gasteiger partial charge in [-0.1, -0.05) is 13.8 Å². The number of likely N-dealkylation sites (tertiary alicyclic amines) is 1. The van der Waals surface area contributed by atoms with E-state index < -0.39 is 6.10 Å². The fraction of sp³-hybridized carbons (Fsp3) is 0.938. The molecule has 0 aromatic rings. The summed E-state index contributed by atoms with van der Waals surface area (Å²) in [6, 6.07) is 0.226. The van der Waals surface area contributed by atoms with Crippen LogP contribution >= 0.6 is 0 Å². The molecule has 1 saturated heterocycles. The first-order chi connectivity index (χ1) is 9.93. The van der Waals surface area contributed by atoms with Crippen molar-refractivity contribution >= 4 is 5.91 Å². The molecule has 2 N–H and O–H groups in total. The lowest BCUT2D eigenvalue weighted by molar-refractivity contribution is -0.127. The van der Waals surface area contributed by atoms with Gasteiger partial charge in [0, 0.05) is 25.1 Å². The van der Waals surface area contributed by atoms with Crippen LogP contribution in [0.1, 0.15) is 40.5 Å². The molecular formula is C16H32N2O3. The first kappa shape index (κ1) is 18.4. The Morgan fingerprint density at radius 3 is 2.48 bits per heavy atom. The maximum atomic E-state index is 12.2. The molecule has 1 fully saturated rings. The van der Waals surface area contributed by atoms with Crippen molar-refractivity contribution < 1.29 is 14.6 Å². The second kappa shape index (κ2) is 9.38. The smallest absolute Gasteiger partial charge is 0.223 e. The highest BCUT2D eigenvalue weighted by Gasteiger charge is 2.26. The molecule has 0 saturated carbocycles. The van der Waals surface area contributed by atoms with E-state index in [2.05, 4.69) is 31.0 Å². The van der Waals surface area contributed by atoms with Crippen LogP contribution in [0.4, 0.5) is 0 Å². The van der Waals surface area contributed by atoms with E-state index in [0.29, 0.717) is 25.7 Å². The number of nitrogens with one attached hydrogen (secondary N) is 1. The van der Waals surface area contributed by atoms with Crippen molar-refractivity contribution in [3.63, 3.8) is 0 Å². The van der Waals surface area contributed by atoms with Gasteiger partial charge in [-0.15, -0.1) is 0 Å². The van der Waals surface area contributed by atoms with Gasteiger partial charge >= 0.3 is 0 Å². The van der Waals surface area contributed by atoms with Crippen molar-refractivity contribution in [1.82, 2.24) is 10.2 Å². The van der Waals surface area contributed by atoms with Crippen LogP contribution in [0.25, 0.3) is 0 Å². The fourth-order valence-corrected chi connectivity index (χ4v) is 2.49. The molecule has 2 atom stereocenters. The molecule has 124 valence electrons. The molecular weight excluding hydrogens is 268 g/mol. The second-order valence-corrected chi connectivity index (χ2v) is 6.43. The van der Waals surface area contributed by atoms with Gasteiger partial charge in [0.05, 0.1) is 12.7 Å². The molecule has 1 aliphatic rings. The quantitative estimate of drug-likeness (QED) is 0.708. The number of aliphatic hydroxyl groups is 1. The molecule has 0 bridgehead atoms. The van der Waals surface area contributed by atoms with Crippen LogP contribution < -0.4 is 5.32 Å². The molecule has 0 aromatic heterocycles. The molecule has 0 radical (unpaired) electrons. The molecule has 1 heterocycles. The van der Waals surface area contributed by atoms with Crippen LogP contribution in [0.15, 0.2) is 0 Å². The summed E-state index contributed by atoms with van der Waals surface area (Å²) in [4.78, 5) is 14.4. The van der Waals surface area contributed by atoms with Crippen molar-refractivity contribution in [2.24, 2.45) is 11.8 Å². The van der Waals surface area contributed by atoms with Gasteiger partial charge in [0.1, 0.15) is 0 Å². The first-order valence-corrected chi connectivity index (χ1v) is 8.22. The van der Waals surface area contributed by atoms with Gasteiger partial charge in [0.15, 0.2) is 0 Å². The minimum Gasteiger partial charge on any atom is -0.389 e. The lowest BCUT2D eigenvalue weighted by Gasteiger charge is -2.33. The minimum absolute atomic E-state index is 0.117. The van der Waals surface area contributed by atoms with Crippen molar-refractivity contribution in [2.45, 2.75) is 52.7 Å². The fourth-order valence-electron chi connectivity index (χ4n) is 2.49. The third-order valence-corrected chi connectivity index (χ3v) is 4.31. The molecule has 1 amide bonds. The topological polar surface area (TPSA) is 61.8 Å². The number of hydrogen-bond donors (Lipinski definition) is 2. The van der Waals surface area contributed by atoms with Gasteiger partial charge in [-0.2, -0.15) is 0 Å². The molecule has 0 unspecified atom stereocenters. The number of piperidine rings is 1. The summed E-state index contributed by atoms with van der Waals surface area (Å²) in [5.41, 5.74) is 0. The van der Waals surface area contributed by atoms with E-state index in [-0.39, 0.29) is 17.9 Å². The molecule has 0 aromatic carbocycles. The molecule has 21 heavy (non-hydrogen) atoms. The third-order valence-electron chi connectivity index (χ3n) is 4.31. The van der Waals surface area contributed by atoms with E-state index in [1.807, 2.05) is 6.92 Å². The summed E-state index contributed by atoms with van der Waals surface area (Å²) in [6.07, 6.45) is 1.31. The van der Waals surface area contributed by atoms with Gasteiger partial charge in [0.25, 0.3) is 0 Å². The van der Waals surface area contributed by atoms with E-state index in [1.165, 1.54) is 0 Å². The Morgan fingerprint density at radius 1 is 1.33 bits per heavy atom. The number of amides is 1. The highest BCUT2D eigenvalue weighted by atomic mass is 16.5. The summed E-state index contributed by atoms with van der Waals surface area (Å²) in [5.74, 6) is 0.764. The molecule has 5 heteroatoms. The van der Waals surface area contributed by atoms with Crippen LogP contribution in [0.5, 0.6) is 0 Å². The average molecular weight is 300 g/mol. The number of carbonyl (C=O) groups is 1. The number of ether oxygens (including phenoxy) is 1. The summed E-state index contributed by atoms with van der Waals surface area (Å²) < 4.78 is 5.22. The zero-order chi connectivity index (χ0) is 15.8. The average Bonchev–Trinajstić information content (AvgIpc) is 2.45. The maximum absolute atomic E-state index is 12.2. The van der Waals surface area contributed by atoms with Crippen molar-refractivity contribution in [2.75, 3.05) is 32.8 Å². The summed E-state index contributed by atoms with van der Waals surface area (Å²) in [7, 11) is 0.